The van der Waals surface area contributed by atoms with Crippen LogP contribution >= 0.6 is 11.8 Å². The minimum absolute atomic E-state index is 0.230. The molecule has 0 spiro atoms. The van der Waals surface area contributed by atoms with Gasteiger partial charge in [0.2, 0.25) is 0 Å². The molecule has 0 amide bonds. The highest BCUT2D eigenvalue weighted by molar-refractivity contribution is 7.98. The molecule has 1 aromatic heterocycles. The number of ether oxygens (including phenoxy) is 1. The van der Waals surface area contributed by atoms with Gasteiger partial charge in [0, 0.05) is 5.75 Å². The molecule has 5 heteroatoms. The van der Waals surface area contributed by atoms with E-state index in [1.54, 1.807) is 13.0 Å². The molecule has 2 rings (SSSR count). The summed E-state index contributed by atoms with van der Waals surface area (Å²) in [6, 6.07) is 13.3. The van der Waals surface area contributed by atoms with Crippen LogP contribution < -0.4 is 0 Å². The van der Waals surface area contributed by atoms with Gasteiger partial charge in [-0.15, -0.1) is 11.8 Å². The minimum Gasteiger partial charge on any atom is -0.461 e. The molecular formula is C17H16N2O2S. The van der Waals surface area contributed by atoms with Crippen molar-refractivity contribution in [2.24, 2.45) is 0 Å². The third-order valence-electron chi connectivity index (χ3n) is 3.09. The summed E-state index contributed by atoms with van der Waals surface area (Å²) in [6.07, 6.45) is 0. The average Bonchev–Trinajstić information content (AvgIpc) is 2.54. The van der Waals surface area contributed by atoms with E-state index in [1.807, 2.05) is 31.2 Å². The molecule has 0 saturated heterocycles. The first-order valence-electron chi connectivity index (χ1n) is 6.91. The summed E-state index contributed by atoms with van der Waals surface area (Å²) in [5.41, 5.74) is 3.06. The Balaban J connectivity index is 2.22. The third kappa shape index (κ3) is 3.86. The normalized spacial score (nSPS) is 10.0. The van der Waals surface area contributed by atoms with Crippen molar-refractivity contribution in [1.29, 1.82) is 5.26 Å². The zero-order valence-corrected chi connectivity index (χ0v) is 13.3. The Morgan fingerprint density at radius 3 is 2.77 bits per heavy atom. The van der Waals surface area contributed by atoms with Crippen molar-refractivity contribution in [2.75, 3.05) is 6.61 Å². The molecule has 22 heavy (non-hydrogen) atoms. The largest absolute Gasteiger partial charge is 0.461 e. The highest BCUT2D eigenvalue weighted by Gasteiger charge is 2.13. The first-order valence-corrected chi connectivity index (χ1v) is 7.89. The molecule has 0 radical (unpaired) electrons. The Morgan fingerprint density at radius 1 is 1.32 bits per heavy atom. The molecule has 0 aliphatic heterocycles. The van der Waals surface area contributed by atoms with Gasteiger partial charge in [0.25, 0.3) is 0 Å². The Hall–Kier alpha value is -2.32. The zero-order valence-electron chi connectivity index (χ0n) is 12.5. The maximum absolute atomic E-state index is 11.7. The Morgan fingerprint density at radius 2 is 2.09 bits per heavy atom. The SMILES string of the molecule is CCOC(=O)c1ccc(C#N)c(SCc2ccccc2C)n1. The van der Waals surface area contributed by atoms with Crippen LogP contribution in [0.4, 0.5) is 0 Å². The van der Waals surface area contributed by atoms with Gasteiger partial charge in [-0.1, -0.05) is 24.3 Å². The Labute approximate surface area is 134 Å². The number of hydrogen-bond donors (Lipinski definition) is 0. The fraction of sp³-hybridized carbons (Fsp3) is 0.235. The molecule has 0 unspecified atom stereocenters. The first-order chi connectivity index (χ1) is 10.7. The third-order valence-corrected chi connectivity index (χ3v) is 4.13. The van der Waals surface area contributed by atoms with Gasteiger partial charge in [0.05, 0.1) is 12.2 Å². The van der Waals surface area contributed by atoms with Crippen LogP contribution in [0.15, 0.2) is 41.4 Å². The average molecular weight is 312 g/mol. The van der Waals surface area contributed by atoms with E-state index >= 15 is 0 Å². The van der Waals surface area contributed by atoms with Crippen molar-refractivity contribution >= 4 is 17.7 Å². The van der Waals surface area contributed by atoms with E-state index in [1.165, 1.54) is 29.0 Å². The predicted octanol–water partition coefficient (Wildman–Crippen LogP) is 3.73. The number of aromatic nitrogens is 1. The van der Waals surface area contributed by atoms with Crippen molar-refractivity contribution in [3.8, 4) is 6.07 Å². The van der Waals surface area contributed by atoms with Crippen LogP contribution in [0, 0.1) is 18.3 Å². The summed E-state index contributed by atoms with van der Waals surface area (Å²) in [5, 5.41) is 9.74. The van der Waals surface area contributed by atoms with E-state index in [9.17, 15) is 10.1 Å². The van der Waals surface area contributed by atoms with E-state index in [0.29, 0.717) is 22.9 Å². The summed E-state index contributed by atoms with van der Waals surface area (Å²) >= 11 is 1.45. The lowest BCUT2D eigenvalue weighted by atomic mass is 10.1. The number of nitriles is 1. The monoisotopic (exact) mass is 312 g/mol. The molecule has 1 heterocycles. The highest BCUT2D eigenvalue weighted by atomic mass is 32.2. The zero-order chi connectivity index (χ0) is 15.9. The van der Waals surface area contributed by atoms with Gasteiger partial charge in [0.1, 0.15) is 16.8 Å². The van der Waals surface area contributed by atoms with Crippen LogP contribution in [0.25, 0.3) is 0 Å². The van der Waals surface area contributed by atoms with E-state index in [0.717, 1.165) is 0 Å². The summed E-state index contributed by atoms with van der Waals surface area (Å²) in [6.45, 7) is 4.09. The number of rotatable bonds is 5. The Kier molecular flexibility index (Phi) is 5.56. The molecule has 0 bridgehead atoms. The molecule has 0 aliphatic rings. The lowest BCUT2D eigenvalue weighted by Crippen LogP contribution is -2.08. The second-order valence-corrected chi connectivity index (χ2v) is 5.56. The maximum Gasteiger partial charge on any atom is 0.356 e. The summed E-state index contributed by atoms with van der Waals surface area (Å²) in [4.78, 5) is 16.0. The van der Waals surface area contributed by atoms with Gasteiger partial charge in [-0.25, -0.2) is 9.78 Å². The topological polar surface area (TPSA) is 63.0 Å². The molecule has 2 aromatic rings. The fourth-order valence-electron chi connectivity index (χ4n) is 1.87. The van der Waals surface area contributed by atoms with Crippen molar-refractivity contribution in [3.63, 3.8) is 0 Å². The smallest absolute Gasteiger partial charge is 0.356 e. The van der Waals surface area contributed by atoms with E-state index in [-0.39, 0.29) is 5.69 Å². The lowest BCUT2D eigenvalue weighted by Gasteiger charge is -2.08. The van der Waals surface area contributed by atoms with Crippen molar-refractivity contribution in [2.45, 2.75) is 24.6 Å². The Bertz CT molecular complexity index is 723. The number of hydrogen-bond acceptors (Lipinski definition) is 5. The number of thioether (sulfide) groups is 1. The van der Waals surface area contributed by atoms with Gasteiger partial charge < -0.3 is 4.74 Å². The number of nitrogens with zero attached hydrogens (tertiary/aromatic N) is 2. The standard InChI is InChI=1S/C17H16N2O2S/c1-3-21-17(20)15-9-8-13(10-18)16(19-15)22-11-14-7-5-4-6-12(14)2/h4-9H,3,11H2,1-2H3. The molecule has 0 fully saturated rings. The minimum atomic E-state index is -0.468. The van der Waals surface area contributed by atoms with Crippen molar-refractivity contribution in [3.05, 3.63) is 58.8 Å². The van der Waals surface area contributed by atoms with E-state index in [4.69, 9.17) is 4.74 Å². The molecular weight excluding hydrogens is 296 g/mol. The molecule has 4 nitrogen and oxygen atoms in total. The number of carbonyl (C=O) groups is 1. The second-order valence-electron chi connectivity index (χ2n) is 4.60. The second kappa shape index (κ2) is 7.62. The number of carbonyl (C=O) groups excluding carboxylic acids is 1. The predicted molar refractivity (Wildman–Crippen MR) is 85.6 cm³/mol. The van der Waals surface area contributed by atoms with Gasteiger partial charge in [0.15, 0.2) is 0 Å². The van der Waals surface area contributed by atoms with Crippen LogP contribution in [-0.2, 0) is 10.5 Å². The van der Waals surface area contributed by atoms with Gasteiger partial charge >= 0.3 is 5.97 Å². The van der Waals surface area contributed by atoms with Gasteiger partial charge in [-0.3, -0.25) is 0 Å². The van der Waals surface area contributed by atoms with Crippen molar-refractivity contribution < 1.29 is 9.53 Å². The molecule has 112 valence electrons. The lowest BCUT2D eigenvalue weighted by molar-refractivity contribution is 0.0518. The number of benzene rings is 1. The van der Waals surface area contributed by atoms with Gasteiger partial charge in [-0.05, 0) is 37.1 Å². The summed E-state index contributed by atoms with van der Waals surface area (Å²) in [7, 11) is 0. The molecule has 0 aliphatic carbocycles. The van der Waals surface area contributed by atoms with Gasteiger partial charge in [-0.2, -0.15) is 5.26 Å². The van der Waals surface area contributed by atoms with Crippen LogP contribution in [-0.4, -0.2) is 17.6 Å². The van der Waals surface area contributed by atoms with E-state index in [2.05, 4.69) is 11.1 Å². The quantitative estimate of drug-likeness (QED) is 0.622. The highest BCUT2D eigenvalue weighted by Crippen LogP contribution is 2.26. The fourth-order valence-corrected chi connectivity index (χ4v) is 2.92. The molecule has 0 saturated carbocycles. The van der Waals surface area contributed by atoms with E-state index < -0.39 is 5.97 Å². The summed E-state index contributed by atoms with van der Waals surface area (Å²) in [5.74, 6) is 0.227. The van der Waals surface area contributed by atoms with Crippen LogP contribution in [0.2, 0.25) is 0 Å². The van der Waals surface area contributed by atoms with Crippen LogP contribution in [0.5, 0.6) is 0 Å². The van der Waals surface area contributed by atoms with Crippen molar-refractivity contribution in [1.82, 2.24) is 4.98 Å². The molecule has 0 N–H and O–H groups in total. The number of pyridine rings is 1. The van der Waals surface area contributed by atoms with Crippen LogP contribution in [0.1, 0.15) is 34.1 Å². The number of esters is 1. The molecule has 1 aromatic carbocycles. The maximum atomic E-state index is 11.7. The first kappa shape index (κ1) is 16.1. The molecule has 0 atom stereocenters. The van der Waals surface area contributed by atoms with Crippen LogP contribution in [0.3, 0.4) is 0 Å². The summed E-state index contributed by atoms with van der Waals surface area (Å²) < 4.78 is 4.94. The number of aryl methyl sites for hydroxylation is 1.